The lowest BCUT2D eigenvalue weighted by molar-refractivity contribution is -0.133. The third-order valence-corrected chi connectivity index (χ3v) is 3.88. The molecule has 20 heavy (non-hydrogen) atoms. The minimum Gasteiger partial charge on any atom is -0.341 e. The quantitative estimate of drug-likeness (QED) is 0.852. The van der Waals surface area contributed by atoms with Crippen LogP contribution in [0.5, 0.6) is 0 Å². The van der Waals surface area contributed by atoms with Crippen molar-refractivity contribution in [2.75, 3.05) is 13.1 Å². The van der Waals surface area contributed by atoms with Crippen LogP contribution in [-0.2, 0) is 11.3 Å². The molecule has 0 unspecified atom stereocenters. The van der Waals surface area contributed by atoms with Crippen molar-refractivity contribution in [2.24, 2.45) is 0 Å². The summed E-state index contributed by atoms with van der Waals surface area (Å²) < 4.78 is 1.58. The molecule has 0 N–H and O–H groups in total. The first kappa shape index (κ1) is 12.8. The van der Waals surface area contributed by atoms with Gasteiger partial charge in [-0.05, 0) is 24.3 Å². The van der Waals surface area contributed by atoms with E-state index in [1.165, 1.54) is 11.9 Å². The molecule has 1 amide bonds. The number of carbonyl (C=O) groups is 1. The molecule has 1 aromatic carbocycles. The third-order valence-electron chi connectivity index (χ3n) is 3.88. The smallest absolute Gasteiger partial charge is 0.244 e. The zero-order valence-corrected chi connectivity index (χ0v) is 11.4. The van der Waals surface area contributed by atoms with Crippen LogP contribution in [0.1, 0.15) is 24.3 Å². The molecule has 104 valence electrons. The molecule has 3 rings (SSSR count). The highest BCUT2D eigenvalue weighted by atomic mass is 16.2. The lowest BCUT2D eigenvalue weighted by Crippen LogP contribution is -2.39. The fourth-order valence-corrected chi connectivity index (χ4v) is 2.74. The van der Waals surface area contributed by atoms with Gasteiger partial charge in [-0.3, -0.25) is 4.79 Å². The molecular weight excluding hydrogens is 252 g/mol. The van der Waals surface area contributed by atoms with E-state index >= 15 is 0 Å². The summed E-state index contributed by atoms with van der Waals surface area (Å²) in [5.74, 6) is 0.702. The van der Waals surface area contributed by atoms with Gasteiger partial charge in [-0.25, -0.2) is 9.67 Å². The van der Waals surface area contributed by atoms with Gasteiger partial charge < -0.3 is 4.90 Å². The molecule has 2 aromatic rings. The molecule has 0 radical (unpaired) electrons. The fraction of sp³-hybridized carbons (Fsp3) is 0.400. The van der Waals surface area contributed by atoms with Gasteiger partial charge in [-0.1, -0.05) is 30.3 Å². The Kier molecular flexibility index (Phi) is 3.76. The van der Waals surface area contributed by atoms with Gasteiger partial charge in [0.05, 0.1) is 0 Å². The minimum atomic E-state index is 0.127. The second-order valence-corrected chi connectivity index (χ2v) is 5.16. The summed E-state index contributed by atoms with van der Waals surface area (Å²) in [4.78, 5) is 17.9. The maximum atomic E-state index is 12.1. The summed E-state index contributed by atoms with van der Waals surface area (Å²) in [7, 11) is 0. The molecule has 0 saturated carbocycles. The zero-order chi connectivity index (χ0) is 13.8. The molecule has 5 heteroatoms. The number of hydrogen-bond acceptors (Lipinski definition) is 3. The number of benzene rings is 1. The summed E-state index contributed by atoms with van der Waals surface area (Å²) in [6.07, 6.45) is 5.10. The van der Waals surface area contributed by atoms with E-state index in [0.29, 0.717) is 5.92 Å². The highest BCUT2D eigenvalue weighted by molar-refractivity contribution is 5.76. The van der Waals surface area contributed by atoms with Crippen LogP contribution in [0.25, 0.3) is 0 Å². The van der Waals surface area contributed by atoms with E-state index in [2.05, 4.69) is 34.3 Å². The second-order valence-electron chi connectivity index (χ2n) is 5.16. The first-order chi connectivity index (χ1) is 9.83. The Hall–Kier alpha value is -2.17. The molecule has 1 aliphatic heterocycles. The van der Waals surface area contributed by atoms with Crippen molar-refractivity contribution in [1.82, 2.24) is 19.7 Å². The van der Waals surface area contributed by atoms with Crippen LogP contribution in [0.3, 0.4) is 0 Å². The van der Waals surface area contributed by atoms with Crippen LogP contribution in [0.15, 0.2) is 43.0 Å². The Bertz CT molecular complexity index is 545. The Balaban J connectivity index is 1.54. The van der Waals surface area contributed by atoms with Crippen LogP contribution >= 0.6 is 0 Å². The minimum absolute atomic E-state index is 0.127. The van der Waals surface area contributed by atoms with Crippen LogP contribution in [0, 0.1) is 0 Å². The van der Waals surface area contributed by atoms with Gasteiger partial charge in [-0.15, -0.1) is 0 Å². The van der Waals surface area contributed by atoms with Gasteiger partial charge in [0.25, 0.3) is 0 Å². The van der Waals surface area contributed by atoms with Crippen molar-refractivity contribution < 1.29 is 4.79 Å². The highest BCUT2D eigenvalue weighted by Gasteiger charge is 2.23. The van der Waals surface area contributed by atoms with Crippen molar-refractivity contribution in [1.29, 1.82) is 0 Å². The third kappa shape index (κ3) is 2.87. The Morgan fingerprint density at radius 2 is 1.95 bits per heavy atom. The largest absolute Gasteiger partial charge is 0.341 e. The summed E-state index contributed by atoms with van der Waals surface area (Å²) in [6.45, 7) is 1.94. The molecule has 1 saturated heterocycles. The molecule has 0 spiro atoms. The van der Waals surface area contributed by atoms with E-state index in [4.69, 9.17) is 0 Å². The van der Waals surface area contributed by atoms with Crippen molar-refractivity contribution in [2.45, 2.75) is 25.3 Å². The van der Waals surface area contributed by atoms with Gasteiger partial charge in [0.1, 0.15) is 19.2 Å². The summed E-state index contributed by atoms with van der Waals surface area (Å²) in [6, 6.07) is 10.6. The number of amides is 1. The van der Waals surface area contributed by atoms with Crippen molar-refractivity contribution >= 4 is 5.91 Å². The van der Waals surface area contributed by atoms with E-state index in [1.807, 2.05) is 11.0 Å². The number of carbonyl (C=O) groups excluding carboxylic acids is 1. The second kappa shape index (κ2) is 5.86. The Morgan fingerprint density at radius 1 is 1.20 bits per heavy atom. The van der Waals surface area contributed by atoms with Gasteiger partial charge in [0.15, 0.2) is 0 Å². The summed E-state index contributed by atoms with van der Waals surface area (Å²) >= 11 is 0. The van der Waals surface area contributed by atoms with E-state index in [1.54, 1.807) is 11.0 Å². The average Bonchev–Trinajstić information content (AvgIpc) is 3.01. The topological polar surface area (TPSA) is 51.0 Å². The van der Waals surface area contributed by atoms with Gasteiger partial charge in [-0.2, -0.15) is 5.10 Å². The standard InChI is InChI=1S/C15H18N4O/c20-15(10-19-12-16-11-17-19)18-8-6-14(7-9-18)13-4-2-1-3-5-13/h1-5,11-12,14H,6-10H2. The molecule has 1 fully saturated rings. The van der Waals surface area contributed by atoms with E-state index in [9.17, 15) is 4.79 Å². The highest BCUT2D eigenvalue weighted by Crippen LogP contribution is 2.27. The monoisotopic (exact) mass is 270 g/mol. The maximum Gasteiger partial charge on any atom is 0.244 e. The first-order valence-corrected chi connectivity index (χ1v) is 6.98. The SMILES string of the molecule is O=C(Cn1cncn1)N1CCC(c2ccccc2)CC1. The zero-order valence-electron chi connectivity index (χ0n) is 11.4. The normalized spacial score (nSPS) is 16.3. The molecule has 0 aliphatic carbocycles. The number of aromatic nitrogens is 3. The van der Waals surface area contributed by atoms with Gasteiger partial charge >= 0.3 is 0 Å². The van der Waals surface area contributed by atoms with E-state index in [0.717, 1.165) is 25.9 Å². The van der Waals surface area contributed by atoms with E-state index in [-0.39, 0.29) is 12.5 Å². The molecule has 5 nitrogen and oxygen atoms in total. The first-order valence-electron chi connectivity index (χ1n) is 6.98. The maximum absolute atomic E-state index is 12.1. The summed E-state index contributed by atoms with van der Waals surface area (Å²) in [5, 5.41) is 3.97. The Morgan fingerprint density at radius 3 is 2.60 bits per heavy atom. The molecule has 0 bridgehead atoms. The van der Waals surface area contributed by atoms with Crippen molar-refractivity contribution in [3.63, 3.8) is 0 Å². The predicted molar refractivity (Wildman–Crippen MR) is 75.0 cm³/mol. The number of rotatable bonds is 3. The predicted octanol–water partition coefficient (Wildman–Crippen LogP) is 1.68. The molecular formula is C15H18N4O. The van der Waals surface area contributed by atoms with Crippen LogP contribution in [-0.4, -0.2) is 38.7 Å². The van der Waals surface area contributed by atoms with Gasteiger partial charge in [0.2, 0.25) is 5.91 Å². The van der Waals surface area contributed by atoms with Crippen LogP contribution in [0.2, 0.25) is 0 Å². The lowest BCUT2D eigenvalue weighted by atomic mass is 9.89. The van der Waals surface area contributed by atoms with Crippen molar-refractivity contribution in [3.05, 3.63) is 48.5 Å². The van der Waals surface area contributed by atoms with Gasteiger partial charge in [0, 0.05) is 13.1 Å². The molecule has 2 heterocycles. The molecule has 0 atom stereocenters. The number of likely N-dealkylation sites (tertiary alicyclic amines) is 1. The number of piperidine rings is 1. The van der Waals surface area contributed by atoms with E-state index < -0.39 is 0 Å². The number of nitrogens with zero attached hydrogens (tertiary/aromatic N) is 4. The average molecular weight is 270 g/mol. The van der Waals surface area contributed by atoms with Crippen LogP contribution < -0.4 is 0 Å². The lowest BCUT2D eigenvalue weighted by Gasteiger charge is -2.32. The summed E-state index contributed by atoms with van der Waals surface area (Å²) in [5.41, 5.74) is 1.39. The molecule has 1 aromatic heterocycles. The number of hydrogen-bond donors (Lipinski definition) is 0. The Labute approximate surface area is 118 Å². The molecule has 1 aliphatic rings. The van der Waals surface area contributed by atoms with Crippen LogP contribution in [0.4, 0.5) is 0 Å². The van der Waals surface area contributed by atoms with Crippen molar-refractivity contribution in [3.8, 4) is 0 Å². The fourth-order valence-electron chi connectivity index (χ4n) is 2.74.